The fourth-order valence-corrected chi connectivity index (χ4v) is 2.55. The Morgan fingerprint density at radius 2 is 2.10 bits per heavy atom. The highest BCUT2D eigenvalue weighted by Crippen LogP contribution is 2.39. The normalized spacial score (nSPS) is 14.7. The molecule has 0 unspecified atom stereocenters. The van der Waals surface area contributed by atoms with E-state index >= 15 is 0 Å². The standard InChI is InChI=1S/C13H17ClN4O3/c1-13(2,8-3-4-8)16-12(19)7-5-9(14)11(17-15)10(6-7)18(20)21/h5-6,8,17H,3-4,15H2,1-2H3,(H,16,19). The largest absolute Gasteiger partial charge is 0.347 e. The van der Waals surface area contributed by atoms with Crippen LogP contribution in [0.3, 0.4) is 0 Å². The van der Waals surface area contributed by atoms with E-state index in [1.54, 1.807) is 0 Å². The molecule has 0 heterocycles. The second-order valence-corrected chi connectivity index (χ2v) is 6.11. The fourth-order valence-electron chi connectivity index (χ4n) is 2.28. The number of rotatable bonds is 5. The van der Waals surface area contributed by atoms with E-state index in [1.165, 1.54) is 12.1 Å². The van der Waals surface area contributed by atoms with Crippen LogP contribution in [0.1, 0.15) is 37.0 Å². The van der Waals surface area contributed by atoms with Gasteiger partial charge in [-0.3, -0.25) is 20.8 Å². The van der Waals surface area contributed by atoms with Crippen molar-refractivity contribution in [2.75, 3.05) is 5.43 Å². The van der Waals surface area contributed by atoms with Gasteiger partial charge in [-0.1, -0.05) is 11.6 Å². The van der Waals surface area contributed by atoms with Gasteiger partial charge in [-0.2, -0.15) is 0 Å². The molecule has 0 saturated heterocycles. The van der Waals surface area contributed by atoms with Crippen molar-refractivity contribution in [2.24, 2.45) is 11.8 Å². The number of nitrogens with one attached hydrogen (secondary N) is 2. The lowest BCUT2D eigenvalue weighted by molar-refractivity contribution is -0.384. The predicted molar refractivity (Wildman–Crippen MR) is 80.2 cm³/mol. The van der Waals surface area contributed by atoms with E-state index in [4.69, 9.17) is 17.4 Å². The lowest BCUT2D eigenvalue weighted by Gasteiger charge is -2.26. The zero-order chi connectivity index (χ0) is 15.8. The predicted octanol–water partition coefficient (Wildman–Crippen LogP) is 2.45. The minimum absolute atomic E-state index is 0.0142. The number of hydrogen-bond acceptors (Lipinski definition) is 5. The summed E-state index contributed by atoms with van der Waals surface area (Å²) in [6.45, 7) is 3.88. The van der Waals surface area contributed by atoms with Crippen LogP contribution in [-0.4, -0.2) is 16.4 Å². The number of nitrogens with zero attached hydrogens (tertiary/aromatic N) is 1. The van der Waals surface area contributed by atoms with Crippen molar-refractivity contribution in [3.8, 4) is 0 Å². The first-order chi connectivity index (χ1) is 9.76. The minimum atomic E-state index is -0.635. The van der Waals surface area contributed by atoms with E-state index in [0.29, 0.717) is 5.92 Å². The van der Waals surface area contributed by atoms with Gasteiger partial charge in [0.05, 0.1) is 9.95 Å². The average molecular weight is 313 g/mol. The second kappa shape index (κ2) is 5.50. The molecule has 1 saturated carbocycles. The van der Waals surface area contributed by atoms with Crippen molar-refractivity contribution in [2.45, 2.75) is 32.2 Å². The van der Waals surface area contributed by atoms with E-state index in [2.05, 4.69) is 10.7 Å². The first kappa shape index (κ1) is 15.5. The Balaban J connectivity index is 2.31. The summed E-state index contributed by atoms with van der Waals surface area (Å²) in [7, 11) is 0. The highest BCUT2D eigenvalue weighted by molar-refractivity contribution is 6.34. The van der Waals surface area contributed by atoms with Crippen molar-refractivity contribution >= 4 is 28.9 Å². The molecule has 0 aromatic heterocycles. The molecule has 1 aromatic rings. The number of halogens is 1. The number of nitrogen functional groups attached to an aromatic ring is 1. The number of anilines is 1. The van der Waals surface area contributed by atoms with Gasteiger partial charge in [0, 0.05) is 17.2 Å². The quantitative estimate of drug-likeness (QED) is 0.439. The molecule has 0 spiro atoms. The molecule has 21 heavy (non-hydrogen) atoms. The van der Waals surface area contributed by atoms with Crippen LogP contribution < -0.4 is 16.6 Å². The van der Waals surface area contributed by atoms with Crippen LogP contribution in [0.15, 0.2) is 12.1 Å². The van der Waals surface area contributed by atoms with E-state index in [-0.39, 0.29) is 33.4 Å². The molecule has 0 bridgehead atoms. The van der Waals surface area contributed by atoms with Crippen LogP contribution in [0.4, 0.5) is 11.4 Å². The number of carbonyl (C=O) groups excluding carboxylic acids is 1. The van der Waals surface area contributed by atoms with Gasteiger partial charge in [-0.25, -0.2) is 0 Å². The van der Waals surface area contributed by atoms with Gasteiger partial charge in [0.2, 0.25) is 0 Å². The molecule has 114 valence electrons. The van der Waals surface area contributed by atoms with Crippen molar-refractivity contribution in [1.82, 2.24) is 5.32 Å². The summed E-state index contributed by atoms with van der Waals surface area (Å²) < 4.78 is 0. The van der Waals surface area contributed by atoms with Crippen molar-refractivity contribution in [1.29, 1.82) is 0 Å². The number of hydrogen-bond donors (Lipinski definition) is 3. The van der Waals surface area contributed by atoms with Crippen LogP contribution >= 0.6 is 11.6 Å². The molecule has 7 nitrogen and oxygen atoms in total. The number of carbonyl (C=O) groups is 1. The van der Waals surface area contributed by atoms with Crippen LogP contribution in [-0.2, 0) is 0 Å². The number of amides is 1. The molecular formula is C13H17ClN4O3. The van der Waals surface area contributed by atoms with Crippen LogP contribution in [0.5, 0.6) is 0 Å². The van der Waals surface area contributed by atoms with Crippen LogP contribution in [0.2, 0.25) is 5.02 Å². The molecule has 2 rings (SSSR count). The summed E-state index contributed by atoms with van der Waals surface area (Å²) in [5, 5.41) is 14.0. The molecule has 1 amide bonds. The van der Waals surface area contributed by atoms with Crippen LogP contribution in [0, 0.1) is 16.0 Å². The van der Waals surface area contributed by atoms with E-state index in [9.17, 15) is 14.9 Å². The van der Waals surface area contributed by atoms with Gasteiger partial charge >= 0.3 is 0 Å². The fraction of sp³-hybridized carbons (Fsp3) is 0.462. The number of nitro groups is 1. The first-order valence-electron chi connectivity index (χ1n) is 6.53. The van der Waals surface area contributed by atoms with Gasteiger partial charge in [-0.05, 0) is 38.7 Å². The van der Waals surface area contributed by atoms with Gasteiger partial charge in [0.25, 0.3) is 11.6 Å². The first-order valence-corrected chi connectivity index (χ1v) is 6.91. The van der Waals surface area contributed by atoms with Crippen molar-refractivity contribution < 1.29 is 9.72 Å². The van der Waals surface area contributed by atoms with E-state index in [1.807, 2.05) is 13.8 Å². The minimum Gasteiger partial charge on any atom is -0.347 e. The van der Waals surface area contributed by atoms with E-state index in [0.717, 1.165) is 12.8 Å². The van der Waals surface area contributed by atoms with Gasteiger partial charge in [0.15, 0.2) is 0 Å². The summed E-state index contributed by atoms with van der Waals surface area (Å²) in [4.78, 5) is 22.7. The number of nitrogens with two attached hydrogens (primary N) is 1. The van der Waals surface area contributed by atoms with Crippen molar-refractivity contribution in [3.05, 3.63) is 32.8 Å². The third kappa shape index (κ3) is 3.25. The monoisotopic (exact) mass is 312 g/mol. The Hall–Kier alpha value is -1.86. The Kier molecular flexibility index (Phi) is 4.06. The molecule has 8 heteroatoms. The molecule has 0 aliphatic heterocycles. The third-order valence-corrected chi connectivity index (χ3v) is 4.00. The molecule has 0 radical (unpaired) electrons. The molecule has 1 fully saturated rings. The summed E-state index contributed by atoms with van der Waals surface area (Å²) >= 11 is 5.94. The van der Waals surface area contributed by atoms with Crippen molar-refractivity contribution in [3.63, 3.8) is 0 Å². The maximum Gasteiger partial charge on any atom is 0.295 e. The number of hydrazine groups is 1. The highest BCUT2D eigenvalue weighted by Gasteiger charge is 2.39. The number of nitro benzene ring substituents is 1. The average Bonchev–Trinajstić information content (AvgIpc) is 3.21. The molecule has 4 N–H and O–H groups in total. The lowest BCUT2D eigenvalue weighted by Crippen LogP contribution is -2.45. The SMILES string of the molecule is CC(C)(NC(=O)c1cc(Cl)c(NN)c([N+](=O)[O-])c1)C1CC1. The van der Waals surface area contributed by atoms with Gasteiger partial charge < -0.3 is 10.7 Å². The molecule has 1 aliphatic carbocycles. The lowest BCUT2D eigenvalue weighted by atomic mass is 9.98. The molecular weight excluding hydrogens is 296 g/mol. The Morgan fingerprint density at radius 1 is 1.48 bits per heavy atom. The third-order valence-electron chi connectivity index (χ3n) is 3.71. The summed E-state index contributed by atoms with van der Waals surface area (Å²) in [6.07, 6.45) is 2.15. The molecule has 1 aromatic carbocycles. The molecule has 0 atom stereocenters. The zero-order valence-corrected chi connectivity index (χ0v) is 12.5. The topological polar surface area (TPSA) is 110 Å². The van der Waals surface area contributed by atoms with E-state index < -0.39 is 4.92 Å². The summed E-state index contributed by atoms with van der Waals surface area (Å²) in [6, 6.07) is 2.53. The van der Waals surface area contributed by atoms with Gasteiger partial charge in [-0.15, -0.1) is 0 Å². The number of benzene rings is 1. The maximum absolute atomic E-state index is 12.3. The maximum atomic E-state index is 12.3. The zero-order valence-electron chi connectivity index (χ0n) is 11.8. The highest BCUT2D eigenvalue weighted by atomic mass is 35.5. The Bertz CT molecular complexity index is 599. The second-order valence-electron chi connectivity index (χ2n) is 5.70. The van der Waals surface area contributed by atoms with Crippen LogP contribution in [0.25, 0.3) is 0 Å². The molecule has 1 aliphatic rings. The summed E-state index contributed by atoms with van der Waals surface area (Å²) in [5.74, 6) is 5.28. The Morgan fingerprint density at radius 3 is 2.57 bits per heavy atom. The Labute approximate surface area is 127 Å². The van der Waals surface area contributed by atoms with Gasteiger partial charge in [0.1, 0.15) is 5.69 Å². The summed E-state index contributed by atoms with van der Waals surface area (Å²) in [5.41, 5.74) is 1.63. The smallest absolute Gasteiger partial charge is 0.295 e.